The molecule has 2 heteroatoms. The summed E-state index contributed by atoms with van der Waals surface area (Å²) in [6.45, 7) is 9.18. The van der Waals surface area contributed by atoms with Crippen molar-refractivity contribution >= 4 is 0 Å². The molecule has 1 rings (SSSR count). The molecule has 1 aliphatic carbocycles. The molecule has 4 N–H and O–H groups in total. The molecule has 0 aromatic carbocycles. The van der Waals surface area contributed by atoms with Crippen LogP contribution >= 0.6 is 0 Å². The summed E-state index contributed by atoms with van der Waals surface area (Å²) in [5.74, 6) is 0. The van der Waals surface area contributed by atoms with Crippen LogP contribution in [0.2, 0.25) is 0 Å². The van der Waals surface area contributed by atoms with E-state index in [9.17, 15) is 0 Å². The van der Waals surface area contributed by atoms with Crippen LogP contribution in [0.4, 0.5) is 0 Å². The largest absolute Gasteiger partial charge is 0.330 e. The molecule has 0 spiro atoms. The third kappa shape index (κ3) is 1.91. The fourth-order valence-corrected chi connectivity index (χ4v) is 2.23. The molecule has 1 fully saturated rings. The first-order valence-electron chi connectivity index (χ1n) is 5.33. The first-order chi connectivity index (χ1) is 6.66. The van der Waals surface area contributed by atoms with E-state index >= 15 is 0 Å². The van der Waals surface area contributed by atoms with Crippen molar-refractivity contribution in [3.8, 4) is 0 Å². The van der Waals surface area contributed by atoms with E-state index < -0.39 is 0 Å². The number of hydrogen-bond acceptors (Lipinski definition) is 2. The summed E-state index contributed by atoms with van der Waals surface area (Å²) in [6.07, 6.45) is 8.42. The fraction of sp³-hybridized carbons (Fsp3) is 0.667. The lowest BCUT2D eigenvalue weighted by molar-refractivity contribution is 0.161. The molecule has 1 aliphatic rings. The maximum atomic E-state index is 5.79. The second-order valence-corrected chi connectivity index (χ2v) is 4.54. The van der Waals surface area contributed by atoms with Crippen LogP contribution < -0.4 is 11.5 Å². The standard InChI is InChI=1S/C12H22N2/c1-3-11(9-13)5-7-12(4-2,10-14)8-6-11/h3-4H,1-2,5-10,13-14H2. The van der Waals surface area contributed by atoms with Crippen molar-refractivity contribution in [2.24, 2.45) is 22.3 Å². The molecular weight excluding hydrogens is 172 g/mol. The quantitative estimate of drug-likeness (QED) is 0.671. The van der Waals surface area contributed by atoms with Gasteiger partial charge in [-0.3, -0.25) is 0 Å². The van der Waals surface area contributed by atoms with Gasteiger partial charge >= 0.3 is 0 Å². The second kappa shape index (κ2) is 4.28. The molecule has 0 saturated heterocycles. The van der Waals surface area contributed by atoms with Crippen LogP contribution in [0.25, 0.3) is 0 Å². The van der Waals surface area contributed by atoms with Crippen molar-refractivity contribution in [3.63, 3.8) is 0 Å². The Hall–Kier alpha value is -0.600. The monoisotopic (exact) mass is 194 g/mol. The zero-order chi connectivity index (χ0) is 10.7. The van der Waals surface area contributed by atoms with Gasteiger partial charge < -0.3 is 11.5 Å². The third-order valence-electron chi connectivity index (χ3n) is 3.92. The minimum atomic E-state index is 0.154. The van der Waals surface area contributed by atoms with Gasteiger partial charge in [0.25, 0.3) is 0 Å². The van der Waals surface area contributed by atoms with Crippen molar-refractivity contribution < 1.29 is 0 Å². The molecule has 0 aliphatic heterocycles. The van der Waals surface area contributed by atoms with Crippen molar-refractivity contribution in [1.82, 2.24) is 0 Å². The van der Waals surface area contributed by atoms with E-state index in [1.54, 1.807) is 0 Å². The lowest BCUT2D eigenvalue weighted by Gasteiger charge is -2.43. The fourth-order valence-electron chi connectivity index (χ4n) is 2.23. The summed E-state index contributed by atoms with van der Waals surface area (Å²) in [5.41, 5.74) is 11.9. The Morgan fingerprint density at radius 1 is 0.857 bits per heavy atom. The van der Waals surface area contributed by atoms with Crippen LogP contribution in [0, 0.1) is 10.8 Å². The van der Waals surface area contributed by atoms with Crippen LogP contribution in [0.15, 0.2) is 25.3 Å². The van der Waals surface area contributed by atoms with Gasteiger partial charge in [-0.05, 0) is 25.7 Å². The topological polar surface area (TPSA) is 52.0 Å². The number of nitrogens with two attached hydrogens (primary N) is 2. The molecule has 0 heterocycles. The Bertz CT molecular complexity index is 188. The Kier molecular flexibility index (Phi) is 3.51. The number of rotatable bonds is 4. The normalized spacial score (nSPS) is 37.9. The molecule has 80 valence electrons. The third-order valence-corrected chi connectivity index (χ3v) is 3.92. The van der Waals surface area contributed by atoms with Crippen LogP contribution in [0.5, 0.6) is 0 Å². The summed E-state index contributed by atoms with van der Waals surface area (Å²) in [7, 11) is 0. The summed E-state index contributed by atoms with van der Waals surface area (Å²) in [6, 6.07) is 0. The highest BCUT2D eigenvalue weighted by Gasteiger charge is 2.37. The maximum absolute atomic E-state index is 5.79. The molecule has 14 heavy (non-hydrogen) atoms. The van der Waals surface area contributed by atoms with Gasteiger partial charge in [-0.25, -0.2) is 0 Å². The Labute approximate surface area is 87.0 Å². The molecule has 0 bridgehead atoms. The molecule has 2 nitrogen and oxygen atoms in total. The number of hydrogen-bond donors (Lipinski definition) is 2. The zero-order valence-corrected chi connectivity index (χ0v) is 8.97. The molecule has 0 amide bonds. The van der Waals surface area contributed by atoms with Crippen LogP contribution in [-0.2, 0) is 0 Å². The highest BCUT2D eigenvalue weighted by molar-refractivity contribution is 5.06. The average Bonchev–Trinajstić information content (AvgIpc) is 2.29. The lowest BCUT2D eigenvalue weighted by atomic mass is 9.63. The molecule has 1 saturated carbocycles. The Morgan fingerprint density at radius 2 is 1.14 bits per heavy atom. The summed E-state index contributed by atoms with van der Waals surface area (Å²) < 4.78 is 0. The van der Waals surface area contributed by atoms with E-state index in [-0.39, 0.29) is 10.8 Å². The van der Waals surface area contributed by atoms with Gasteiger partial charge in [-0.1, -0.05) is 12.2 Å². The van der Waals surface area contributed by atoms with Gasteiger partial charge in [0.05, 0.1) is 0 Å². The minimum absolute atomic E-state index is 0.154. The molecule has 0 radical (unpaired) electrons. The van der Waals surface area contributed by atoms with E-state index in [1.807, 2.05) is 12.2 Å². The molecule has 0 aromatic heterocycles. The SMILES string of the molecule is C=CC1(CN)CCC(C=C)(CN)CC1. The van der Waals surface area contributed by atoms with Crippen LogP contribution in [-0.4, -0.2) is 13.1 Å². The van der Waals surface area contributed by atoms with Crippen molar-refractivity contribution in [3.05, 3.63) is 25.3 Å². The van der Waals surface area contributed by atoms with Crippen molar-refractivity contribution in [2.45, 2.75) is 25.7 Å². The first-order valence-corrected chi connectivity index (χ1v) is 5.33. The molecule has 0 atom stereocenters. The van der Waals surface area contributed by atoms with E-state index in [2.05, 4.69) is 13.2 Å². The molecule has 0 unspecified atom stereocenters. The maximum Gasteiger partial charge on any atom is 0.00141 e. The van der Waals surface area contributed by atoms with Crippen molar-refractivity contribution in [1.29, 1.82) is 0 Å². The predicted octanol–water partition coefficient (Wildman–Crippen LogP) is 1.82. The van der Waals surface area contributed by atoms with Crippen LogP contribution in [0.1, 0.15) is 25.7 Å². The minimum Gasteiger partial charge on any atom is -0.330 e. The van der Waals surface area contributed by atoms with Crippen LogP contribution in [0.3, 0.4) is 0 Å². The van der Waals surface area contributed by atoms with Gasteiger partial charge in [0, 0.05) is 23.9 Å². The van der Waals surface area contributed by atoms with E-state index in [4.69, 9.17) is 11.5 Å². The van der Waals surface area contributed by atoms with E-state index in [0.29, 0.717) is 13.1 Å². The Balaban J connectivity index is 2.68. The average molecular weight is 194 g/mol. The zero-order valence-electron chi connectivity index (χ0n) is 8.97. The highest BCUT2D eigenvalue weighted by atomic mass is 14.6. The predicted molar refractivity (Wildman–Crippen MR) is 61.8 cm³/mol. The molecule has 0 aromatic rings. The van der Waals surface area contributed by atoms with Crippen molar-refractivity contribution in [2.75, 3.05) is 13.1 Å². The van der Waals surface area contributed by atoms with Gasteiger partial charge in [0.15, 0.2) is 0 Å². The Morgan fingerprint density at radius 3 is 1.29 bits per heavy atom. The second-order valence-electron chi connectivity index (χ2n) is 4.54. The summed E-state index contributed by atoms with van der Waals surface area (Å²) in [4.78, 5) is 0. The smallest absolute Gasteiger partial charge is 0.00141 e. The lowest BCUT2D eigenvalue weighted by Crippen LogP contribution is -2.40. The summed E-state index contributed by atoms with van der Waals surface area (Å²) in [5, 5.41) is 0. The highest BCUT2D eigenvalue weighted by Crippen LogP contribution is 2.45. The van der Waals surface area contributed by atoms with Gasteiger partial charge in [-0.2, -0.15) is 0 Å². The van der Waals surface area contributed by atoms with E-state index in [0.717, 1.165) is 25.7 Å². The van der Waals surface area contributed by atoms with Gasteiger partial charge in [0.1, 0.15) is 0 Å². The van der Waals surface area contributed by atoms with Gasteiger partial charge in [-0.15, -0.1) is 13.2 Å². The van der Waals surface area contributed by atoms with E-state index in [1.165, 1.54) is 0 Å². The molecular formula is C12H22N2. The summed E-state index contributed by atoms with van der Waals surface area (Å²) >= 11 is 0. The first kappa shape index (κ1) is 11.5. The van der Waals surface area contributed by atoms with Gasteiger partial charge in [0.2, 0.25) is 0 Å².